The van der Waals surface area contributed by atoms with Crippen LogP contribution in [0.1, 0.15) is 63.7 Å². The Morgan fingerprint density at radius 3 is 1.24 bits per heavy atom. The van der Waals surface area contributed by atoms with E-state index >= 15 is 0 Å². The molecule has 0 aromatic heterocycles. The number of hydrogen-bond acceptors (Lipinski definition) is 8. The molecule has 0 atom stereocenters. The molecule has 0 aliphatic rings. The lowest BCUT2D eigenvalue weighted by atomic mass is 9.97. The van der Waals surface area contributed by atoms with Crippen molar-refractivity contribution >= 4 is 23.5 Å². The summed E-state index contributed by atoms with van der Waals surface area (Å²) in [4.78, 5) is 61.1. The molecule has 0 unspecified atom stereocenters. The third-order valence-electron chi connectivity index (χ3n) is 5.48. The van der Waals surface area contributed by atoms with E-state index in [0.717, 1.165) is 0 Å². The molecular formula is C30H16N2O6. The topological polar surface area (TPSA) is 134 Å². The van der Waals surface area contributed by atoms with Gasteiger partial charge in [0.1, 0.15) is 0 Å². The molecular weight excluding hydrogens is 484 g/mol. The zero-order chi connectivity index (χ0) is 27.1. The Balaban J connectivity index is 1.54. The molecule has 4 rings (SSSR count). The second-order valence-electron chi connectivity index (χ2n) is 7.88. The Bertz CT molecular complexity index is 1550. The lowest BCUT2D eigenvalue weighted by molar-refractivity contribution is -0.187. The van der Waals surface area contributed by atoms with E-state index in [4.69, 9.17) is 20.3 Å². The van der Waals surface area contributed by atoms with Crippen LogP contribution >= 0.6 is 0 Å². The number of hydrogen-bond donors (Lipinski definition) is 0. The molecule has 0 aliphatic heterocycles. The van der Waals surface area contributed by atoms with Crippen LogP contribution in [0.4, 0.5) is 0 Å². The molecule has 8 nitrogen and oxygen atoms in total. The maximum absolute atomic E-state index is 13.0. The first-order chi connectivity index (χ1) is 18.4. The van der Waals surface area contributed by atoms with Gasteiger partial charge in [-0.3, -0.25) is 9.59 Å². The smallest absolute Gasteiger partial charge is 0.289 e. The first-order valence-corrected chi connectivity index (χ1v) is 11.1. The molecule has 38 heavy (non-hydrogen) atoms. The third-order valence-corrected chi connectivity index (χ3v) is 5.48. The summed E-state index contributed by atoms with van der Waals surface area (Å²) in [5.41, 5.74) is 0.571. The van der Waals surface area contributed by atoms with Crippen LogP contribution < -0.4 is 0 Å². The zero-order valence-corrected chi connectivity index (χ0v) is 19.6. The maximum atomic E-state index is 13.0. The number of benzene rings is 4. The van der Waals surface area contributed by atoms with E-state index in [1.807, 2.05) is 12.1 Å². The Kier molecular flexibility index (Phi) is 7.47. The molecule has 0 amide bonds. The summed E-state index contributed by atoms with van der Waals surface area (Å²) >= 11 is 0. The van der Waals surface area contributed by atoms with Gasteiger partial charge < -0.3 is 0 Å². The third kappa shape index (κ3) is 5.35. The van der Waals surface area contributed by atoms with E-state index in [-0.39, 0.29) is 44.5 Å². The molecule has 182 valence electrons. The number of ketones is 2. The van der Waals surface area contributed by atoms with Crippen molar-refractivity contribution in [3.63, 3.8) is 0 Å². The van der Waals surface area contributed by atoms with Crippen molar-refractivity contribution in [3.8, 4) is 12.1 Å². The number of nitrogens with zero attached hydrogens (tertiary/aromatic N) is 2. The van der Waals surface area contributed by atoms with Crippen molar-refractivity contribution in [1.82, 2.24) is 0 Å². The Morgan fingerprint density at radius 2 is 0.868 bits per heavy atom. The predicted molar refractivity (Wildman–Crippen MR) is 133 cm³/mol. The molecule has 0 N–H and O–H groups in total. The number of carbonyl (C=O) groups is 4. The molecule has 4 aromatic rings. The van der Waals surface area contributed by atoms with E-state index in [1.54, 1.807) is 36.4 Å². The normalized spacial score (nSPS) is 9.95. The summed E-state index contributed by atoms with van der Waals surface area (Å²) in [6.07, 6.45) is 0. The average Bonchev–Trinajstić information content (AvgIpc) is 2.98. The fourth-order valence-corrected chi connectivity index (χ4v) is 3.65. The number of rotatable bonds is 6. The molecule has 0 bridgehead atoms. The largest absolute Gasteiger partial charge is 0.387 e. The molecule has 0 aliphatic carbocycles. The van der Waals surface area contributed by atoms with Crippen LogP contribution in [0.2, 0.25) is 0 Å². The molecule has 0 fully saturated rings. The van der Waals surface area contributed by atoms with E-state index in [1.165, 1.54) is 60.7 Å². The fraction of sp³-hybridized carbons (Fsp3) is 0. The monoisotopic (exact) mass is 500 g/mol. The van der Waals surface area contributed by atoms with Gasteiger partial charge in [0.25, 0.3) is 0 Å². The summed E-state index contributed by atoms with van der Waals surface area (Å²) in [6, 6.07) is 27.4. The van der Waals surface area contributed by atoms with Crippen molar-refractivity contribution in [2.45, 2.75) is 0 Å². The van der Waals surface area contributed by atoms with Gasteiger partial charge in [0.05, 0.1) is 34.4 Å². The van der Waals surface area contributed by atoms with Crippen molar-refractivity contribution in [1.29, 1.82) is 10.5 Å². The maximum Gasteiger partial charge on any atom is 0.387 e. The van der Waals surface area contributed by atoms with Gasteiger partial charge in [0.2, 0.25) is 0 Å². The quantitative estimate of drug-likeness (QED) is 0.209. The summed E-state index contributed by atoms with van der Waals surface area (Å²) < 4.78 is 0. The van der Waals surface area contributed by atoms with Gasteiger partial charge in [0.15, 0.2) is 11.6 Å². The number of nitriles is 2. The van der Waals surface area contributed by atoms with Gasteiger partial charge >= 0.3 is 11.9 Å². The molecule has 0 radical (unpaired) electrons. The summed E-state index contributed by atoms with van der Waals surface area (Å²) in [6.45, 7) is 0. The molecule has 0 saturated heterocycles. The minimum atomic E-state index is -1.11. The lowest BCUT2D eigenvalue weighted by Crippen LogP contribution is -2.17. The first kappa shape index (κ1) is 25.2. The van der Waals surface area contributed by atoms with Gasteiger partial charge in [-0.05, 0) is 36.4 Å². The van der Waals surface area contributed by atoms with Crippen LogP contribution in [-0.2, 0) is 9.78 Å². The van der Waals surface area contributed by atoms with Crippen LogP contribution in [0.25, 0.3) is 0 Å². The minimum Gasteiger partial charge on any atom is -0.289 e. The molecule has 0 saturated carbocycles. The summed E-state index contributed by atoms with van der Waals surface area (Å²) in [5.74, 6) is -3.28. The van der Waals surface area contributed by atoms with Crippen LogP contribution in [0.5, 0.6) is 0 Å². The van der Waals surface area contributed by atoms with Crippen LogP contribution in [0, 0.1) is 22.7 Å². The van der Waals surface area contributed by atoms with Crippen LogP contribution in [0.15, 0.2) is 97.1 Å². The van der Waals surface area contributed by atoms with Crippen molar-refractivity contribution in [2.24, 2.45) is 0 Å². The average molecular weight is 500 g/mol. The van der Waals surface area contributed by atoms with E-state index in [2.05, 4.69) is 0 Å². The van der Waals surface area contributed by atoms with Gasteiger partial charge in [0, 0.05) is 22.3 Å². The Labute approximate surface area is 216 Å². The number of carbonyl (C=O) groups excluding carboxylic acids is 4. The highest BCUT2D eigenvalue weighted by Gasteiger charge is 2.24. The molecule has 0 spiro atoms. The van der Waals surface area contributed by atoms with E-state index < -0.39 is 23.5 Å². The van der Waals surface area contributed by atoms with Crippen LogP contribution in [-0.4, -0.2) is 23.5 Å². The minimum absolute atomic E-state index is 0.0170. The van der Waals surface area contributed by atoms with Crippen molar-refractivity contribution < 1.29 is 29.0 Å². The van der Waals surface area contributed by atoms with Crippen LogP contribution in [0.3, 0.4) is 0 Å². The highest BCUT2D eigenvalue weighted by atomic mass is 17.2. The summed E-state index contributed by atoms with van der Waals surface area (Å²) in [7, 11) is 0. The SMILES string of the molecule is N#Cc1cccc(C(=O)c2ccccc2C(=O)OOC(=O)c2ccccc2C(=O)c2cccc(C#N)c2)c1. The highest BCUT2D eigenvalue weighted by molar-refractivity contribution is 6.15. The molecule has 8 heteroatoms. The summed E-state index contributed by atoms with van der Waals surface area (Å²) in [5, 5.41) is 18.2. The van der Waals surface area contributed by atoms with E-state index in [9.17, 15) is 19.2 Å². The van der Waals surface area contributed by atoms with Crippen molar-refractivity contribution in [3.05, 3.63) is 142 Å². The zero-order valence-electron chi connectivity index (χ0n) is 19.6. The Hall–Kier alpha value is -5.86. The molecule has 0 heterocycles. The van der Waals surface area contributed by atoms with E-state index in [0.29, 0.717) is 0 Å². The standard InChI is InChI=1S/C30H16N2O6/c31-17-19-7-5-9-21(15-19)27(33)23-11-1-3-13-25(23)29(35)37-38-30(36)26-14-4-2-12-24(26)28(34)22-10-6-8-20(16-22)18-32/h1-16H. The van der Waals surface area contributed by atoms with Gasteiger partial charge in [-0.2, -0.15) is 10.5 Å². The fourth-order valence-electron chi connectivity index (χ4n) is 3.65. The van der Waals surface area contributed by atoms with Gasteiger partial charge in [-0.1, -0.05) is 60.7 Å². The highest BCUT2D eigenvalue weighted by Crippen LogP contribution is 2.19. The second-order valence-corrected chi connectivity index (χ2v) is 7.88. The van der Waals surface area contributed by atoms with Gasteiger partial charge in [-0.15, -0.1) is 0 Å². The first-order valence-electron chi connectivity index (χ1n) is 11.1. The molecule has 4 aromatic carbocycles. The Morgan fingerprint density at radius 1 is 0.500 bits per heavy atom. The lowest BCUT2D eigenvalue weighted by Gasteiger charge is -2.10. The second kappa shape index (κ2) is 11.3. The van der Waals surface area contributed by atoms with Gasteiger partial charge in [-0.25, -0.2) is 19.4 Å². The predicted octanol–water partition coefficient (Wildman–Crippen LogP) is 4.82. The van der Waals surface area contributed by atoms with Crippen molar-refractivity contribution in [2.75, 3.05) is 0 Å².